The molecule has 0 aromatic heterocycles. The first-order valence-corrected chi connectivity index (χ1v) is 8.11. The van der Waals surface area contributed by atoms with E-state index in [1.807, 2.05) is 6.92 Å². The van der Waals surface area contributed by atoms with Crippen LogP contribution < -0.4 is 5.32 Å². The van der Waals surface area contributed by atoms with Crippen molar-refractivity contribution in [2.24, 2.45) is 5.92 Å². The third-order valence-electron chi connectivity index (χ3n) is 5.49. The molecule has 108 valence electrons. The Labute approximate surface area is 116 Å². The molecule has 0 aromatic carbocycles. The molecule has 19 heavy (non-hydrogen) atoms. The van der Waals surface area contributed by atoms with E-state index < -0.39 is 5.60 Å². The Morgan fingerprint density at radius 2 is 1.79 bits per heavy atom. The zero-order valence-corrected chi connectivity index (χ0v) is 12.2. The highest BCUT2D eigenvalue weighted by Gasteiger charge is 2.52. The zero-order chi connectivity index (χ0) is 13.3. The molecule has 0 radical (unpaired) electrons. The SMILES string of the molecule is CC1(C(=O)NC2(C3CCCCC3)CC2)CCCCO1. The van der Waals surface area contributed by atoms with Crippen molar-refractivity contribution in [3.8, 4) is 0 Å². The van der Waals surface area contributed by atoms with Gasteiger partial charge in [-0.2, -0.15) is 0 Å². The van der Waals surface area contributed by atoms with Crippen molar-refractivity contribution in [2.75, 3.05) is 6.61 Å². The minimum Gasteiger partial charge on any atom is -0.365 e. The Morgan fingerprint density at radius 1 is 1.05 bits per heavy atom. The maximum atomic E-state index is 12.6. The molecule has 2 aliphatic carbocycles. The summed E-state index contributed by atoms with van der Waals surface area (Å²) in [5.74, 6) is 0.868. The number of rotatable bonds is 3. The second kappa shape index (κ2) is 5.08. The first kappa shape index (κ1) is 13.4. The van der Waals surface area contributed by atoms with Gasteiger partial charge < -0.3 is 10.1 Å². The Kier molecular flexibility index (Phi) is 3.59. The lowest BCUT2D eigenvalue weighted by atomic mass is 9.81. The van der Waals surface area contributed by atoms with Crippen LogP contribution in [0.25, 0.3) is 0 Å². The van der Waals surface area contributed by atoms with E-state index in [0.29, 0.717) is 0 Å². The fourth-order valence-electron chi connectivity index (χ4n) is 3.90. The van der Waals surface area contributed by atoms with E-state index in [4.69, 9.17) is 4.74 Å². The summed E-state index contributed by atoms with van der Waals surface area (Å²) in [6.45, 7) is 2.71. The monoisotopic (exact) mass is 265 g/mol. The Hall–Kier alpha value is -0.570. The van der Waals surface area contributed by atoms with Gasteiger partial charge in [-0.3, -0.25) is 4.79 Å². The van der Waals surface area contributed by atoms with Crippen LogP contribution in [0.4, 0.5) is 0 Å². The van der Waals surface area contributed by atoms with E-state index in [0.717, 1.165) is 31.8 Å². The second-order valence-electron chi connectivity index (χ2n) is 6.98. The lowest BCUT2D eigenvalue weighted by Gasteiger charge is -2.37. The molecule has 1 N–H and O–H groups in total. The Morgan fingerprint density at radius 3 is 2.37 bits per heavy atom. The maximum Gasteiger partial charge on any atom is 0.252 e. The van der Waals surface area contributed by atoms with Crippen molar-refractivity contribution >= 4 is 5.91 Å². The highest BCUT2D eigenvalue weighted by atomic mass is 16.5. The number of carbonyl (C=O) groups excluding carboxylic acids is 1. The molecular weight excluding hydrogens is 238 g/mol. The molecule has 3 heteroatoms. The summed E-state index contributed by atoms with van der Waals surface area (Å²) in [5, 5.41) is 3.38. The molecule has 1 atom stereocenters. The van der Waals surface area contributed by atoms with Crippen LogP contribution in [0.1, 0.15) is 71.1 Å². The summed E-state index contributed by atoms with van der Waals surface area (Å²) in [5.41, 5.74) is -0.427. The van der Waals surface area contributed by atoms with E-state index >= 15 is 0 Å². The van der Waals surface area contributed by atoms with E-state index in [1.165, 1.54) is 44.9 Å². The smallest absolute Gasteiger partial charge is 0.252 e. The van der Waals surface area contributed by atoms with Crippen LogP contribution in [0.5, 0.6) is 0 Å². The highest BCUT2D eigenvalue weighted by Crippen LogP contribution is 2.48. The molecule has 1 aliphatic heterocycles. The van der Waals surface area contributed by atoms with Crippen LogP contribution >= 0.6 is 0 Å². The van der Waals surface area contributed by atoms with Gasteiger partial charge in [0.25, 0.3) is 5.91 Å². The molecule has 0 aromatic rings. The molecular formula is C16H27NO2. The normalized spacial score (nSPS) is 34.8. The van der Waals surface area contributed by atoms with Gasteiger partial charge in [0.15, 0.2) is 0 Å². The lowest BCUT2D eigenvalue weighted by Crippen LogP contribution is -2.54. The number of nitrogens with one attached hydrogen (secondary N) is 1. The van der Waals surface area contributed by atoms with Crippen LogP contribution in [0.2, 0.25) is 0 Å². The molecule has 1 heterocycles. The lowest BCUT2D eigenvalue weighted by molar-refractivity contribution is -0.152. The summed E-state index contributed by atoms with van der Waals surface area (Å²) in [6, 6.07) is 0. The molecule has 3 nitrogen and oxygen atoms in total. The summed E-state index contributed by atoms with van der Waals surface area (Å²) < 4.78 is 5.78. The summed E-state index contributed by atoms with van der Waals surface area (Å²) >= 11 is 0. The van der Waals surface area contributed by atoms with E-state index in [2.05, 4.69) is 5.32 Å². The average molecular weight is 265 g/mol. The van der Waals surface area contributed by atoms with Crippen LogP contribution in [0, 0.1) is 5.92 Å². The van der Waals surface area contributed by atoms with Crippen LogP contribution in [0.3, 0.4) is 0 Å². The van der Waals surface area contributed by atoms with Crippen LogP contribution in [-0.2, 0) is 9.53 Å². The van der Waals surface area contributed by atoms with Crippen molar-refractivity contribution in [1.82, 2.24) is 5.32 Å². The quantitative estimate of drug-likeness (QED) is 0.851. The third-order valence-corrected chi connectivity index (χ3v) is 5.49. The van der Waals surface area contributed by atoms with Gasteiger partial charge in [-0.15, -0.1) is 0 Å². The van der Waals surface area contributed by atoms with Crippen LogP contribution in [0.15, 0.2) is 0 Å². The summed E-state index contributed by atoms with van der Waals surface area (Å²) in [7, 11) is 0. The number of hydrogen-bond acceptors (Lipinski definition) is 2. The predicted molar refractivity (Wildman–Crippen MR) is 74.9 cm³/mol. The summed E-state index contributed by atoms with van der Waals surface area (Å²) in [4.78, 5) is 12.6. The van der Waals surface area contributed by atoms with Gasteiger partial charge in [-0.1, -0.05) is 19.3 Å². The van der Waals surface area contributed by atoms with Crippen molar-refractivity contribution < 1.29 is 9.53 Å². The Bertz CT molecular complexity index is 337. The van der Waals surface area contributed by atoms with Gasteiger partial charge in [-0.25, -0.2) is 0 Å². The maximum absolute atomic E-state index is 12.6. The van der Waals surface area contributed by atoms with Crippen molar-refractivity contribution in [3.63, 3.8) is 0 Å². The van der Waals surface area contributed by atoms with Crippen molar-refractivity contribution in [1.29, 1.82) is 0 Å². The molecule has 1 amide bonds. The van der Waals surface area contributed by atoms with Crippen molar-refractivity contribution in [3.05, 3.63) is 0 Å². The topological polar surface area (TPSA) is 38.3 Å². The average Bonchev–Trinajstić information content (AvgIpc) is 3.21. The number of hydrogen-bond donors (Lipinski definition) is 1. The van der Waals surface area contributed by atoms with E-state index in [9.17, 15) is 4.79 Å². The molecule has 1 saturated heterocycles. The molecule has 3 rings (SSSR count). The number of amides is 1. The summed E-state index contributed by atoms with van der Waals surface area (Å²) in [6.07, 6.45) is 12.1. The highest BCUT2D eigenvalue weighted by molar-refractivity contribution is 5.86. The fraction of sp³-hybridized carbons (Fsp3) is 0.938. The second-order valence-corrected chi connectivity index (χ2v) is 6.98. The zero-order valence-electron chi connectivity index (χ0n) is 12.2. The molecule has 1 unspecified atom stereocenters. The predicted octanol–water partition coefficient (Wildman–Crippen LogP) is 3.17. The largest absolute Gasteiger partial charge is 0.365 e. The minimum absolute atomic E-state index is 0.140. The van der Waals surface area contributed by atoms with Gasteiger partial charge in [0.05, 0.1) is 0 Å². The number of carbonyl (C=O) groups is 1. The molecule has 3 fully saturated rings. The third kappa shape index (κ3) is 2.67. The Balaban J connectivity index is 1.62. The van der Waals surface area contributed by atoms with E-state index in [-0.39, 0.29) is 11.4 Å². The van der Waals surface area contributed by atoms with Crippen molar-refractivity contribution in [2.45, 2.75) is 82.3 Å². The van der Waals surface area contributed by atoms with Gasteiger partial charge in [-0.05, 0) is 57.8 Å². The fourth-order valence-corrected chi connectivity index (χ4v) is 3.90. The molecule has 0 spiro atoms. The minimum atomic E-state index is -0.567. The molecule has 3 aliphatic rings. The number of ether oxygens (including phenoxy) is 1. The molecule has 0 bridgehead atoms. The standard InChI is InChI=1S/C16H27NO2/c1-15(9-5-6-12-19-15)14(18)17-16(10-11-16)13-7-3-2-4-8-13/h13H,2-12H2,1H3,(H,17,18). The first-order valence-electron chi connectivity index (χ1n) is 8.11. The van der Waals surface area contributed by atoms with E-state index in [1.54, 1.807) is 0 Å². The van der Waals surface area contributed by atoms with Gasteiger partial charge in [0, 0.05) is 12.1 Å². The van der Waals surface area contributed by atoms with Gasteiger partial charge in [0.2, 0.25) is 0 Å². The van der Waals surface area contributed by atoms with Gasteiger partial charge in [0.1, 0.15) is 5.60 Å². The van der Waals surface area contributed by atoms with Gasteiger partial charge >= 0.3 is 0 Å². The molecule has 2 saturated carbocycles. The van der Waals surface area contributed by atoms with Crippen LogP contribution in [-0.4, -0.2) is 23.7 Å². The first-order chi connectivity index (χ1) is 9.15.